The molecule has 0 fully saturated rings. The summed E-state index contributed by atoms with van der Waals surface area (Å²) in [6.45, 7) is 13.9. The quantitative estimate of drug-likeness (QED) is 0.438. The minimum atomic E-state index is -1.30. The lowest BCUT2D eigenvalue weighted by molar-refractivity contribution is 0.866. The number of halogens is 3. The fourth-order valence-corrected chi connectivity index (χ4v) is 5.06. The van der Waals surface area contributed by atoms with Crippen LogP contribution in [0, 0.1) is 0 Å². The van der Waals surface area contributed by atoms with Crippen LogP contribution in [0.5, 0.6) is 0 Å². The highest BCUT2D eigenvalue weighted by atomic mass is 35.5. The lowest BCUT2D eigenvalue weighted by Gasteiger charge is -2.32. The molecular weight excluding hydrogens is 295 g/mol. The molecule has 0 heterocycles. The van der Waals surface area contributed by atoms with Crippen LogP contribution in [-0.4, -0.2) is 21.1 Å². The molecule has 0 aliphatic rings. The normalized spacial score (nSPS) is 16.8. The van der Waals surface area contributed by atoms with Crippen LogP contribution in [0.2, 0.25) is 44.8 Å². The average molecular weight is 318 g/mol. The molecule has 0 amide bonds. The van der Waals surface area contributed by atoms with E-state index in [0.717, 1.165) is 6.42 Å². The molecule has 0 bridgehead atoms. The Morgan fingerprint density at radius 1 is 1.00 bits per heavy atom. The van der Waals surface area contributed by atoms with Crippen molar-refractivity contribution in [3.05, 3.63) is 10.6 Å². The zero-order chi connectivity index (χ0) is 13.1. The first-order valence-electron chi connectivity index (χ1n) is 5.61. The molecule has 0 saturated heterocycles. The van der Waals surface area contributed by atoms with Crippen LogP contribution < -0.4 is 0 Å². The van der Waals surface area contributed by atoms with Crippen molar-refractivity contribution in [2.75, 3.05) is 0 Å². The highest BCUT2D eigenvalue weighted by Crippen LogP contribution is 2.35. The van der Waals surface area contributed by atoms with Crippen LogP contribution in [0.1, 0.15) is 6.42 Å². The molecule has 96 valence electrons. The first-order chi connectivity index (χ1) is 6.94. The fraction of sp³-hybridized carbons (Fsp3) is 0.818. The molecule has 0 unspecified atom stereocenters. The smallest absolute Gasteiger partial charge is 0.102 e. The molecule has 0 aromatic heterocycles. The highest BCUT2D eigenvalue weighted by Gasteiger charge is 2.32. The van der Waals surface area contributed by atoms with Crippen molar-refractivity contribution in [1.29, 1.82) is 0 Å². The van der Waals surface area contributed by atoms with Gasteiger partial charge in [-0.2, -0.15) is 0 Å². The van der Waals surface area contributed by atoms with Gasteiger partial charge in [-0.3, -0.25) is 0 Å². The molecule has 0 nitrogen and oxygen atoms in total. The Balaban J connectivity index is 4.77. The zero-order valence-electron chi connectivity index (χ0n) is 11.1. The number of allylic oxidation sites excluding steroid dienone is 1. The molecular formula is C11H23Cl3Si2. The molecule has 0 saturated carbocycles. The van der Waals surface area contributed by atoms with Gasteiger partial charge in [-0.25, -0.2) is 0 Å². The van der Waals surface area contributed by atoms with E-state index in [0.29, 0.717) is 10.0 Å². The number of hydrogen-bond acceptors (Lipinski definition) is 0. The first-order valence-corrected chi connectivity index (χ1v) is 14.0. The van der Waals surface area contributed by atoms with Crippen LogP contribution in [0.15, 0.2) is 10.6 Å². The first kappa shape index (κ1) is 17.0. The van der Waals surface area contributed by atoms with Crippen molar-refractivity contribution < 1.29 is 0 Å². The van der Waals surface area contributed by atoms with Crippen molar-refractivity contribution in [3.8, 4) is 0 Å². The summed E-state index contributed by atoms with van der Waals surface area (Å²) >= 11 is 18.1. The van der Waals surface area contributed by atoms with Crippen LogP contribution in [0.25, 0.3) is 0 Å². The van der Waals surface area contributed by atoms with Gasteiger partial charge in [0.05, 0.1) is 16.1 Å². The number of rotatable bonds is 5. The monoisotopic (exact) mass is 316 g/mol. The van der Waals surface area contributed by atoms with Crippen molar-refractivity contribution >= 4 is 51.0 Å². The van der Waals surface area contributed by atoms with Gasteiger partial charge in [-0.1, -0.05) is 68.6 Å². The lowest BCUT2D eigenvalue weighted by Crippen LogP contribution is -2.38. The third-order valence-electron chi connectivity index (χ3n) is 2.84. The summed E-state index contributed by atoms with van der Waals surface area (Å²) in [5.41, 5.74) is 0.465. The van der Waals surface area contributed by atoms with E-state index >= 15 is 0 Å². The maximum atomic E-state index is 6.51. The summed E-state index contributed by atoms with van der Waals surface area (Å²) in [6, 6.07) is 0. The van der Waals surface area contributed by atoms with E-state index in [-0.39, 0.29) is 5.00 Å². The van der Waals surface area contributed by atoms with Crippen LogP contribution in [-0.2, 0) is 0 Å². The largest absolute Gasteiger partial charge is 0.127 e. The van der Waals surface area contributed by atoms with Gasteiger partial charge in [-0.15, -0.1) is 11.6 Å². The molecule has 5 heteroatoms. The Morgan fingerprint density at radius 2 is 1.44 bits per heavy atom. The van der Waals surface area contributed by atoms with E-state index in [4.69, 9.17) is 34.8 Å². The van der Waals surface area contributed by atoms with Crippen LogP contribution in [0.3, 0.4) is 0 Å². The molecule has 0 aliphatic carbocycles. The van der Waals surface area contributed by atoms with Gasteiger partial charge < -0.3 is 0 Å². The standard InChI is InChI=1S/C11H23Cl3Si2/c1-15(2,3)9(7-10(12)13)8-11(14)16(4,5)6/h7,9,11H,8H2,1-6H3/t9-,11-/m0/s1. The molecule has 0 spiro atoms. The van der Waals surface area contributed by atoms with E-state index in [2.05, 4.69) is 39.3 Å². The molecule has 0 radical (unpaired) electrons. The van der Waals surface area contributed by atoms with E-state index in [1.54, 1.807) is 0 Å². The summed E-state index contributed by atoms with van der Waals surface area (Å²) in [6.07, 6.45) is 3.00. The Labute approximate surface area is 117 Å². The maximum absolute atomic E-state index is 6.51. The summed E-state index contributed by atoms with van der Waals surface area (Å²) in [7, 11) is -2.58. The molecule has 16 heavy (non-hydrogen) atoms. The van der Waals surface area contributed by atoms with Gasteiger partial charge in [0.15, 0.2) is 0 Å². The van der Waals surface area contributed by atoms with Gasteiger partial charge in [0, 0.05) is 5.00 Å². The average Bonchev–Trinajstić information content (AvgIpc) is 1.98. The predicted octanol–water partition coefficient (Wildman–Crippen LogP) is 5.89. The van der Waals surface area contributed by atoms with Gasteiger partial charge in [0.2, 0.25) is 0 Å². The second-order valence-electron chi connectivity index (χ2n) is 6.50. The number of alkyl halides is 1. The molecule has 0 rings (SSSR count). The summed E-state index contributed by atoms with van der Waals surface area (Å²) < 4.78 is 0.381. The molecule has 2 atom stereocenters. The minimum absolute atomic E-state index is 0.285. The van der Waals surface area contributed by atoms with Crippen LogP contribution >= 0.6 is 34.8 Å². The zero-order valence-corrected chi connectivity index (χ0v) is 15.3. The Bertz CT molecular complexity index is 247. The topological polar surface area (TPSA) is 0 Å². The van der Waals surface area contributed by atoms with E-state index in [9.17, 15) is 0 Å². The molecule has 0 aromatic carbocycles. The van der Waals surface area contributed by atoms with Gasteiger partial charge in [0.25, 0.3) is 0 Å². The lowest BCUT2D eigenvalue weighted by atomic mass is 10.3. The van der Waals surface area contributed by atoms with Gasteiger partial charge in [0.1, 0.15) is 4.49 Å². The van der Waals surface area contributed by atoms with Gasteiger partial charge in [-0.05, 0) is 12.0 Å². The molecule has 0 N–H and O–H groups in total. The highest BCUT2D eigenvalue weighted by molar-refractivity contribution is 6.84. The molecule has 0 aromatic rings. The Morgan fingerprint density at radius 3 is 1.69 bits per heavy atom. The summed E-state index contributed by atoms with van der Waals surface area (Å²) in [5, 5.41) is 0.285. The fourth-order valence-electron chi connectivity index (χ4n) is 1.40. The third-order valence-corrected chi connectivity index (χ3v) is 9.98. The Hall–Kier alpha value is 1.04. The van der Waals surface area contributed by atoms with Crippen molar-refractivity contribution in [1.82, 2.24) is 0 Å². The van der Waals surface area contributed by atoms with E-state index in [1.165, 1.54) is 0 Å². The van der Waals surface area contributed by atoms with E-state index < -0.39 is 16.1 Å². The third kappa shape index (κ3) is 6.70. The SMILES string of the molecule is C[Si](C)(C)[C@H](Cl)C[C@H](C=C(Cl)Cl)[Si](C)(C)C. The van der Waals surface area contributed by atoms with Crippen molar-refractivity contribution in [3.63, 3.8) is 0 Å². The molecule has 0 aliphatic heterocycles. The van der Waals surface area contributed by atoms with Crippen LogP contribution in [0.4, 0.5) is 0 Å². The summed E-state index contributed by atoms with van der Waals surface area (Å²) in [5.74, 6) is 0. The van der Waals surface area contributed by atoms with Gasteiger partial charge >= 0.3 is 0 Å². The van der Waals surface area contributed by atoms with Crippen molar-refractivity contribution in [2.24, 2.45) is 0 Å². The van der Waals surface area contributed by atoms with Crippen molar-refractivity contribution in [2.45, 2.75) is 56.2 Å². The van der Waals surface area contributed by atoms with E-state index in [1.807, 2.05) is 6.08 Å². The second kappa shape index (κ2) is 6.28. The second-order valence-corrected chi connectivity index (χ2v) is 19.3. The maximum Gasteiger partial charge on any atom is 0.102 e. The predicted molar refractivity (Wildman–Crippen MR) is 84.5 cm³/mol. The summed E-state index contributed by atoms with van der Waals surface area (Å²) in [4.78, 5) is 0. The Kier molecular flexibility index (Phi) is 6.69. The number of hydrogen-bond donors (Lipinski definition) is 0. The minimum Gasteiger partial charge on any atom is -0.127 e.